The molecule has 0 unspecified atom stereocenters. The fraction of sp³-hybridized carbons (Fsp3) is 0.308. The first kappa shape index (κ1) is 22.3. The molecule has 0 aliphatic heterocycles. The Labute approximate surface area is 184 Å². The Morgan fingerprint density at radius 2 is 1.81 bits per heavy atom. The molecule has 3 rings (SSSR count). The van der Waals surface area contributed by atoms with Crippen molar-refractivity contribution in [3.8, 4) is 11.4 Å². The van der Waals surface area contributed by atoms with Crippen molar-refractivity contribution in [3.63, 3.8) is 0 Å². The lowest BCUT2D eigenvalue weighted by molar-refractivity contribution is 0.0955. The Morgan fingerprint density at radius 1 is 1.10 bits per heavy atom. The molecule has 5 heteroatoms. The van der Waals surface area contributed by atoms with E-state index in [0.29, 0.717) is 18.1 Å². The molecule has 0 aliphatic rings. The highest BCUT2D eigenvalue weighted by atomic mass is 16.5. The van der Waals surface area contributed by atoms with Crippen LogP contribution in [0.1, 0.15) is 65.1 Å². The molecule has 0 saturated carbocycles. The monoisotopic (exact) mass is 417 g/mol. The zero-order valence-electron chi connectivity index (χ0n) is 19.2. The molecule has 1 N–H and O–H groups in total. The van der Waals surface area contributed by atoms with Gasteiger partial charge >= 0.3 is 0 Å². The molecule has 0 radical (unpaired) electrons. The summed E-state index contributed by atoms with van der Waals surface area (Å²) in [6.07, 6.45) is 1.69. The van der Waals surface area contributed by atoms with Crippen LogP contribution < -0.4 is 10.2 Å². The molecule has 5 nitrogen and oxygen atoms in total. The van der Waals surface area contributed by atoms with Crippen molar-refractivity contribution in [2.45, 2.75) is 47.5 Å². The molecule has 1 amide bonds. The van der Waals surface area contributed by atoms with Gasteiger partial charge in [-0.05, 0) is 92.8 Å². The molecule has 1 heterocycles. The SMILES string of the molecule is CCOc1cc(C)c(/C=N\NC(=O)c2cccc(-n3c(C)ccc3C)c2)cc1C(C)C. The Morgan fingerprint density at radius 3 is 2.45 bits per heavy atom. The van der Waals surface area contributed by atoms with E-state index in [1.807, 2.05) is 38.1 Å². The third kappa shape index (κ3) is 5.05. The maximum atomic E-state index is 12.7. The number of ether oxygens (including phenoxy) is 1. The highest BCUT2D eigenvalue weighted by Crippen LogP contribution is 2.29. The van der Waals surface area contributed by atoms with Gasteiger partial charge in [-0.2, -0.15) is 5.10 Å². The number of rotatable bonds is 7. The van der Waals surface area contributed by atoms with Crippen LogP contribution in [0.4, 0.5) is 0 Å². The van der Waals surface area contributed by atoms with Gasteiger partial charge in [0.1, 0.15) is 5.75 Å². The van der Waals surface area contributed by atoms with Gasteiger partial charge in [-0.1, -0.05) is 19.9 Å². The molecule has 1 aromatic heterocycles. The summed E-state index contributed by atoms with van der Waals surface area (Å²) in [6, 6.07) is 15.8. The molecule has 0 bridgehead atoms. The van der Waals surface area contributed by atoms with Crippen LogP contribution >= 0.6 is 0 Å². The third-order valence-electron chi connectivity index (χ3n) is 5.33. The predicted molar refractivity (Wildman–Crippen MR) is 127 cm³/mol. The van der Waals surface area contributed by atoms with Crippen molar-refractivity contribution in [3.05, 3.63) is 82.2 Å². The van der Waals surface area contributed by atoms with Crippen molar-refractivity contribution in [2.24, 2.45) is 5.10 Å². The van der Waals surface area contributed by atoms with Crippen LogP contribution in [0.5, 0.6) is 5.75 Å². The van der Waals surface area contributed by atoms with E-state index in [0.717, 1.165) is 39.5 Å². The summed E-state index contributed by atoms with van der Waals surface area (Å²) in [6.45, 7) is 13.0. The van der Waals surface area contributed by atoms with Crippen LogP contribution in [0.25, 0.3) is 5.69 Å². The van der Waals surface area contributed by atoms with Gasteiger partial charge in [0.2, 0.25) is 0 Å². The second kappa shape index (κ2) is 9.65. The first-order chi connectivity index (χ1) is 14.8. The molecule has 31 heavy (non-hydrogen) atoms. The molecular weight excluding hydrogens is 386 g/mol. The summed E-state index contributed by atoms with van der Waals surface area (Å²) in [5.41, 5.74) is 9.56. The molecule has 0 atom stereocenters. The molecule has 0 aliphatic carbocycles. The van der Waals surface area contributed by atoms with Crippen molar-refractivity contribution in [1.29, 1.82) is 0 Å². The fourth-order valence-corrected chi connectivity index (χ4v) is 3.67. The summed E-state index contributed by atoms with van der Waals surface area (Å²) < 4.78 is 7.90. The molecule has 0 fully saturated rings. The predicted octanol–water partition coefficient (Wildman–Crippen LogP) is 5.69. The topological polar surface area (TPSA) is 55.6 Å². The lowest BCUT2D eigenvalue weighted by atomic mass is 9.97. The average Bonchev–Trinajstić information content (AvgIpc) is 3.07. The maximum absolute atomic E-state index is 12.7. The van der Waals surface area contributed by atoms with Crippen molar-refractivity contribution >= 4 is 12.1 Å². The lowest BCUT2D eigenvalue weighted by Gasteiger charge is -2.15. The standard InChI is InChI=1S/C26H31N3O2/c1-7-31-25-13-18(4)22(15-24(25)17(2)3)16-27-28-26(30)21-9-8-10-23(14-21)29-19(5)11-12-20(29)6/h8-17H,7H2,1-6H3,(H,28,30)/b27-16-. The number of carbonyl (C=O) groups excluding carboxylic acids is 1. The Hall–Kier alpha value is -3.34. The molecule has 0 saturated heterocycles. The van der Waals surface area contributed by atoms with E-state index in [2.05, 4.69) is 61.0 Å². The summed E-state index contributed by atoms with van der Waals surface area (Å²) in [5, 5.41) is 4.21. The Balaban J connectivity index is 1.78. The summed E-state index contributed by atoms with van der Waals surface area (Å²) in [4.78, 5) is 12.7. The van der Waals surface area contributed by atoms with Gasteiger partial charge < -0.3 is 9.30 Å². The van der Waals surface area contributed by atoms with Crippen LogP contribution in [0, 0.1) is 20.8 Å². The van der Waals surface area contributed by atoms with Gasteiger partial charge in [0.25, 0.3) is 5.91 Å². The highest BCUT2D eigenvalue weighted by molar-refractivity contribution is 5.95. The maximum Gasteiger partial charge on any atom is 0.271 e. The number of aryl methyl sites for hydroxylation is 3. The van der Waals surface area contributed by atoms with Gasteiger partial charge in [0, 0.05) is 22.6 Å². The Bertz CT molecular complexity index is 1090. The zero-order valence-corrected chi connectivity index (χ0v) is 19.2. The van der Waals surface area contributed by atoms with Gasteiger partial charge in [-0.3, -0.25) is 4.79 Å². The van der Waals surface area contributed by atoms with Crippen molar-refractivity contribution in [2.75, 3.05) is 6.61 Å². The number of nitrogens with one attached hydrogen (secondary N) is 1. The normalized spacial score (nSPS) is 11.3. The van der Waals surface area contributed by atoms with Crippen LogP contribution in [0.15, 0.2) is 53.6 Å². The number of hydrazone groups is 1. The van der Waals surface area contributed by atoms with E-state index in [1.54, 1.807) is 12.3 Å². The first-order valence-electron chi connectivity index (χ1n) is 10.7. The number of carbonyl (C=O) groups is 1. The number of benzene rings is 2. The quantitative estimate of drug-likeness (QED) is 0.397. The van der Waals surface area contributed by atoms with E-state index < -0.39 is 0 Å². The van der Waals surface area contributed by atoms with E-state index in [1.165, 1.54) is 0 Å². The van der Waals surface area contributed by atoms with Crippen molar-refractivity contribution < 1.29 is 9.53 Å². The fourth-order valence-electron chi connectivity index (χ4n) is 3.67. The average molecular weight is 418 g/mol. The van der Waals surface area contributed by atoms with Crippen LogP contribution in [0.2, 0.25) is 0 Å². The largest absolute Gasteiger partial charge is 0.494 e. The number of aromatic nitrogens is 1. The minimum Gasteiger partial charge on any atom is -0.494 e. The summed E-state index contributed by atoms with van der Waals surface area (Å²) in [7, 11) is 0. The number of nitrogens with zero attached hydrogens (tertiary/aromatic N) is 2. The second-order valence-electron chi connectivity index (χ2n) is 8.04. The van der Waals surface area contributed by atoms with Gasteiger partial charge in [0.05, 0.1) is 12.8 Å². The lowest BCUT2D eigenvalue weighted by Crippen LogP contribution is -2.18. The van der Waals surface area contributed by atoms with Gasteiger partial charge in [-0.25, -0.2) is 5.43 Å². The number of amides is 1. The van der Waals surface area contributed by atoms with Crippen LogP contribution in [-0.4, -0.2) is 23.3 Å². The molecular formula is C26H31N3O2. The van der Waals surface area contributed by atoms with E-state index in [-0.39, 0.29) is 5.91 Å². The van der Waals surface area contributed by atoms with Crippen LogP contribution in [0.3, 0.4) is 0 Å². The van der Waals surface area contributed by atoms with E-state index in [9.17, 15) is 4.79 Å². The molecule has 3 aromatic rings. The van der Waals surface area contributed by atoms with Gasteiger partial charge in [-0.15, -0.1) is 0 Å². The summed E-state index contributed by atoms with van der Waals surface area (Å²) in [5.74, 6) is 0.990. The number of hydrogen-bond donors (Lipinski definition) is 1. The summed E-state index contributed by atoms with van der Waals surface area (Å²) >= 11 is 0. The van der Waals surface area contributed by atoms with Gasteiger partial charge in [0.15, 0.2) is 0 Å². The highest BCUT2D eigenvalue weighted by Gasteiger charge is 2.12. The van der Waals surface area contributed by atoms with Crippen LogP contribution in [-0.2, 0) is 0 Å². The zero-order chi connectivity index (χ0) is 22.5. The second-order valence-corrected chi connectivity index (χ2v) is 8.04. The minimum absolute atomic E-state index is 0.242. The minimum atomic E-state index is -0.242. The van der Waals surface area contributed by atoms with E-state index in [4.69, 9.17) is 4.74 Å². The van der Waals surface area contributed by atoms with E-state index >= 15 is 0 Å². The smallest absolute Gasteiger partial charge is 0.271 e. The Kier molecular flexibility index (Phi) is 6.95. The molecule has 162 valence electrons. The van der Waals surface area contributed by atoms with Crippen molar-refractivity contribution in [1.82, 2.24) is 9.99 Å². The third-order valence-corrected chi connectivity index (χ3v) is 5.33. The molecule has 2 aromatic carbocycles. The first-order valence-corrected chi connectivity index (χ1v) is 10.7. The molecule has 0 spiro atoms. The number of hydrogen-bond acceptors (Lipinski definition) is 3.